The lowest BCUT2D eigenvalue weighted by Gasteiger charge is -2.29. The van der Waals surface area contributed by atoms with E-state index in [-0.39, 0.29) is 0 Å². The normalized spacial score (nSPS) is 11.4. The molecule has 1 aromatic heterocycles. The molecular weight excluding hydrogens is 773 g/mol. The zero-order valence-electron chi connectivity index (χ0n) is 35.1. The average Bonchev–Trinajstić information content (AvgIpc) is 3.70. The van der Waals surface area contributed by atoms with Crippen LogP contribution in [0, 0.1) is 0 Å². The van der Waals surface area contributed by atoms with Crippen molar-refractivity contribution in [2.24, 2.45) is 0 Å². The third kappa shape index (κ3) is 6.52. The van der Waals surface area contributed by atoms with Crippen molar-refractivity contribution in [2.75, 3.05) is 4.90 Å². The molecule has 0 atom stereocenters. The molecule has 0 aliphatic heterocycles. The number of hydrogen-bond acceptors (Lipinski definition) is 1. The lowest BCUT2D eigenvalue weighted by molar-refractivity contribution is 1.18. The minimum Gasteiger partial charge on any atom is -0.309 e. The van der Waals surface area contributed by atoms with Crippen LogP contribution in [-0.4, -0.2) is 4.57 Å². The van der Waals surface area contributed by atoms with Crippen molar-refractivity contribution in [3.05, 3.63) is 255 Å². The molecule has 0 N–H and O–H groups in total. The van der Waals surface area contributed by atoms with Gasteiger partial charge in [0, 0.05) is 33.1 Å². The standard InChI is InChI=1S/C62H42N2/c1-2-16-43(17-3-1)47-22-14-23-48(40-47)45-32-36-51(37-33-45)63-61-30-13-11-28-57(61)58-39-35-50(42-62(58)63)53-24-8-9-26-55(53)56-27-10-12-29-60(56)64(52-38-34-44-18-4-5-20-49(44)41-52)59-31-15-21-46-19-6-7-25-54(46)59/h1-42H. The monoisotopic (exact) mass is 814 g/mol. The molecular formula is C62H42N2. The molecule has 0 aliphatic carbocycles. The first-order valence-electron chi connectivity index (χ1n) is 22.0. The first-order valence-corrected chi connectivity index (χ1v) is 22.0. The van der Waals surface area contributed by atoms with Gasteiger partial charge >= 0.3 is 0 Å². The van der Waals surface area contributed by atoms with Crippen molar-refractivity contribution in [3.63, 3.8) is 0 Å². The van der Waals surface area contributed by atoms with Crippen LogP contribution in [0.4, 0.5) is 17.1 Å². The smallest absolute Gasteiger partial charge is 0.0547 e. The SMILES string of the molecule is c1ccc(-c2cccc(-c3ccc(-n4c5ccccc5c5ccc(-c6ccccc6-c6ccccc6N(c6ccc7ccccc7c6)c6cccc7ccccc67)cc54)cc3)c2)cc1. The van der Waals surface area contributed by atoms with Gasteiger partial charge in [-0.15, -0.1) is 0 Å². The third-order valence-electron chi connectivity index (χ3n) is 12.8. The van der Waals surface area contributed by atoms with Crippen LogP contribution in [0.5, 0.6) is 0 Å². The summed E-state index contributed by atoms with van der Waals surface area (Å²) in [6.45, 7) is 0. The fourth-order valence-electron chi connectivity index (χ4n) is 9.72. The molecule has 2 heteroatoms. The summed E-state index contributed by atoms with van der Waals surface area (Å²) in [4.78, 5) is 2.45. The number of fused-ring (bicyclic) bond motifs is 5. The van der Waals surface area contributed by atoms with E-state index in [0.29, 0.717) is 0 Å². The Hall–Kier alpha value is -8.46. The molecule has 12 aromatic rings. The van der Waals surface area contributed by atoms with Crippen molar-refractivity contribution in [1.82, 2.24) is 4.57 Å². The number of benzene rings is 11. The second-order valence-corrected chi connectivity index (χ2v) is 16.5. The van der Waals surface area contributed by atoms with Gasteiger partial charge in [-0.05, 0) is 110 Å². The van der Waals surface area contributed by atoms with E-state index in [9.17, 15) is 0 Å². The zero-order chi connectivity index (χ0) is 42.4. The Labute approximate surface area is 373 Å². The molecule has 0 aliphatic rings. The summed E-state index contributed by atoms with van der Waals surface area (Å²) in [6.07, 6.45) is 0. The van der Waals surface area contributed by atoms with Crippen LogP contribution >= 0.6 is 0 Å². The summed E-state index contributed by atoms with van der Waals surface area (Å²) in [5.41, 5.74) is 16.4. The fraction of sp³-hybridized carbons (Fsp3) is 0. The number of nitrogens with zero attached hydrogens (tertiary/aromatic N) is 2. The zero-order valence-corrected chi connectivity index (χ0v) is 35.1. The number of hydrogen-bond donors (Lipinski definition) is 0. The van der Waals surface area contributed by atoms with Crippen LogP contribution in [0.25, 0.3) is 93.5 Å². The van der Waals surface area contributed by atoms with Crippen molar-refractivity contribution in [2.45, 2.75) is 0 Å². The predicted molar refractivity (Wildman–Crippen MR) is 272 cm³/mol. The summed E-state index contributed by atoms with van der Waals surface area (Å²) >= 11 is 0. The summed E-state index contributed by atoms with van der Waals surface area (Å²) in [7, 11) is 0. The fourth-order valence-corrected chi connectivity index (χ4v) is 9.72. The molecule has 12 rings (SSSR count). The van der Waals surface area contributed by atoms with E-state index in [0.717, 1.165) is 28.3 Å². The van der Waals surface area contributed by atoms with Gasteiger partial charge < -0.3 is 9.47 Å². The summed E-state index contributed by atoms with van der Waals surface area (Å²) in [5.74, 6) is 0. The second kappa shape index (κ2) is 15.8. The maximum Gasteiger partial charge on any atom is 0.0547 e. The number of para-hydroxylation sites is 2. The molecule has 0 bridgehead atoms. The van der Waals surface area contributed by atoms with Crippen LogP contribution in [0.15, 0.2) is 255 Å². The van der Waals surface area contributed by atoms with Gasteiger partial charge in [0.05, 0.1) is 22.4 Å². The maximum absolute atomic E-state index is 2.45. The van der Waals surface area contributed by atoms with E-state index >= 15 is 0 Å². The van der Waals surface area contributed by atoms with Crippen molar-refractivity contribution in [3.8, 4) is 50.2 Å². The molecule has 0 spiro atoms. The van der Waals surface area contributed by atoms with Crippen LogP contribution in [0.2, 0.25) is 0 Å². The molecule has 300 valence electrons. The molecule has 0 amide bonds. The topological polar surface area (TPSA) is 8.17 Å². The van der Waals surface area contributed by atoms with E-state index in [1.54, 1.807) is 0 Å². The van der Waals surface area contributed by atoms with Gasteiger partial charge in [0.2, 0.25) is 0 Å². The highest BCUT2D eigenvalue weighted by Gasteiger charge is 2.22. The lowest BCUT2D eigenvalue weighted by atomic mass is 9.92. The predicted octanol–water partition coefficient (Wildman–Crippen LogP) is 17.2. The molecule has 0 radical (unpaired) electrons. The Kier molecular flexibility index (Phi) is 9.20. The molecule has 64 heavy (non-hydrogen) atoms. The lowest BCUT2D eigenvalue weighted by Crippen LogP contribution is -2.12. The molecule has 0 saturated carbocycles. The Morgan fingerprint density at radius 3 is 1.66 bits per heavy atom. The van der Waals surface area contributed by atoms with Gasteiger partial charge in [-0.2, -0.15) is 0 Å². The highest BCUT2D eigenvalue weighted by molar-refractivity contribution is 6.11. The van der Waals surface area contributed by atoms with Gasteiger partial charge in [-0.3, -0.25) is 0 Å². The maximum atomic E-state index is 2.45. The van der Waals surface area contributed by atoms with E-state index in [2.05, 4.69) is 264 Å². The van der Waals surface area contributed by atoms with E-state index in [1.165, 1.54) is 82.3 Å². The van der Waals surface area contributed by atoms with E-state index < -0.39 is 0 Å². The van der Waals surface area contributed by atoms with Crippen LogP contribution < -0.4 is 4.90 Å². The van der Waals surface area contributed by atoms with Crippen LogP contribution in [0.3, 0.4) is 0 Å². The first kappa shape index (κ1) is 37.3. The van der Waals surface area contributed by atoms with Crippen molar-refractivity contribution >= 4 is 60.4 Å². The van der Waals surface area contributed by atoms with Gasteiger partial charge in [-0.1, -0.05) is 200 Å². The molecule has 1 heterocycles. The highest BCUT2D eigenvalue weighted by atomic mass is 15.1. The third-order valence-corrected chi connectivity index (χ3v) is 12.8. The first-order chi connectivity index (χ1) is 31.7. The van der Waals surface area contributed by atoms with Gasteiger partial charge in [-0.25, -0.2) is 0 Å². The van der Waals surface area contributed by atoms with Gasteiger partial charge in [0.25, 0.3) is 0 Å². The van der Waals surface area contributed by atoms with Crippen molar-refractivity contribution < 1.29 is 0 Å². The number of anilines is 3. The summed E-state index contributed by atoms with van der Waals surface area (Å²) in [5, 5.41) is 7.31. The molecule has 0 fully saturated rings. The second-order valence-electron chi connectivity index (χ2n) is 16.5. The molecule has 2 nitrogen and oxygen atoms in total. The molecule has 11 aromatic carbocycles. The largest absolute Gasteiger partial charge is 0.309 e. The van der Waals surface area contributed by atoms with Crippen LogP contribution in [-0.2, 0) is 0 Å². The Balaban J connectivity index is 0.999. The average molecular weight is 815 g/mol. The number of aromatic nitrogens is 1. The minimum absolute atomic E-state index is 1.11. The van der Waals surface area contributed by atoms with Crippen LogP contribution in [0.1, 0.15) is 0 Å². The molecule has 0 unspecified atom stereocenters. The van der Waals surface area contributed by atoms with E-state index in [1.807, 2.05) is 0 Å². The van der Waals surface area contributed by atoms with Crippen molar-refractivity contribution in [1.29, 1.82) is 0 Å². The van der Waals surface area contributed by atoms with E-state index in [4.69, 9.17) is 0 Å². The van der Waals surface area contributed by atoms with Gasteiger partial charge in [0.1, 0.15) is 0 Å². The quantitative estimate of drug-likeness (QED) is 0.148. The minimum atomic E-state index is 1.11. The number of rotatable bonds is 8. The Morgan fingerprint density at radius 1 is 0.266 bits per heavy atom. The highest BCUT2D eigenvalue weighted by Crippen LogP contribution is 2.46. The summed E-state index contributed by atoms with van der Waals surface area (Å²) in [6, 6.07) is 92.8. The Morgan fingerprint density at radius 2 is 0.828 bits per heavy atom. The molecule has 0 saturated heterocycles. The summed E-state index contributed by atoms with van der Waals surface area (Å²) < 4.78 is 2.43. The van der Waals surface area contributed by atoms with Gasteiger partial charge in [0.15, 0.2) is 0 Å². The Bertz CT molecular complexity index is 3670.